The molecule has 1 aliphatic rings. The third-order valence-corrected chi connectivity index (χ3v) is 6.38. The van der Waals surface area contributed by atoms with Gasteiger partial charge in [0.1, 0.15) is 5.84 Å². The molecule has 0 aromatic heterocycles. The number of hydrogen-bond acceptors (Lipinski definition) is 2. The van der Waals surface area contributed by atoms with E-state index in [1.165, 1.54) is 10.6 Å². The fourth-order valence-corrected chi connectivity index (χ4v) is 4.74. The molecule has 0 radical (unpaired) electrons. The number of nitrogens with one attached hydrogen (secondary N) is 1. The van der Waals surface area contributed by atoms with E-state index in [4.69, 9.17) is 4.99 Å². The molecular formula is C24H28N3P. The van der Waals surface area contributed by atoms with Crippen molar-refractivity contribution in [1.29, 1.82) is 0 Å². The summed E-state index contributed by atoms with van der Waals surface area (Å²) < 4.78 is 0. The van der Waals surface area contributed by atoms with Crippen LogP contribution in [0.1, 0.15) is 6.42 Å². The minimum atomic E-state index is -0.749. The van der Waals surface area contributed by atoms with Gasteiger partial charge in [-0.25, -0.2) is 0 Å². The van der Waals surface area contributed by atoms with Gasteiger partial charge in [-0.1, -0.05) is 91.0 Å². The Morgan fingerprint density at radius 1 is 0.964 bits per heavy atom. The highest BCUT2D eigenvalue weighted by molar-refractivity contribution is 7.71. The number of allylic oxidation sites excluding steroid dienone is 4. The molecular weight excluding hydrogens is 361 g/mol. The molecule has 0 amide bonds. The summed E-state index contributed by atoms with van der Waals surface area (Å²) in [7, 11) is 3.41. The van der Waals surface area contributed by atoms with E-state index in [2.05, 4.69) is 115 Å². The average Bonchev–Trinajstić information content (AvgIpc) is 3.01. The molecule has 0 heterocycles. The number of likely N-dealkylation sites (N-methyl/N-ethyl adjacent to an activating group) is 1. The molecule has 144 valence electrons. The lowest BCUT2D eigenvalue weighted by Gasteiger charge is -2.23. The van der Waals surface area contributed by atoms with Gasteiger partial charge < -0.3 is 9.99 Å². The summed E-state index contributed by atoms with van der Waals surface area (Å²) in [5.74, 6) is 0.962. The first-order chi connectivity index (χ1) is 13.7. The van der Waals surface area contributed by atoms with Gasteiger partial charge in [0.25, 0.3) is 0 Å². The number of aliphatic imine (C=N–C) groups is 1. The lowest BCUT2D eigenvalue weighted by Crippen LogP contribution is -2.30. The summed E-state index contributed by atoms with van der Waals surface area (Å²) in [4.78, 5) is 7.11. The van der Waals surface area contributed by atoms with Crippen LogP contribution in [0.4, 0.5) is 0 Å². The molecule has 0 spiro atoms. The summed E-state index contributed by atoms with van der Waals surface area (Å²) in [6, 6.07) is 21.3. The molecule has 2 aromatic carbocycles. The van der Waals surface area contributed by atoms with Gasteiger partial charge in [0, 0.05) is 22.7 Å². The van der Waals surface area contributed by atoms with Gasteiger partial charge in [-0.2, -0.15) is 0 Å². The number of hydrogen-bond donors (Lipinski definition) is 1. The molecule has 0 bridgehead atoms. The molecule has 0 fully saturated rings. The summed E-state index contributed by atoms with van der Waals surface area (Å²) in [5.41, 5.74) is 1.13. The van der Waals surface area contributed by atoms with Crippen LogP contribution in [0.3, 0.4) is 0 Å². The van der Waals surface area contributed by atoms with Crippen LogP contribution < -0.4 is 15.7 Å². The lowest BCUT2D eigenvalue weighted by molar-refractivity contribution is 0.420. The van der Waals surface area contributed by atoms with Gasteiger partial charge in [0.15, 0.2) is 0 Å². The monoisotopic (exact) mass is 389 g/mol. The minimum Gasteiger partial charge on any atom is -0.341 e. The Morgan fingerprint density at radius 3 is 2.21 bits per heavy atom. The van der Waals surface area contributed by atoms with E-state index < -0.39 is 8.07 Å². The second-order valence-corrected chi connectivity index (χ2v) is 8.77. The molecule has 2 aromatic rings. The fraction of sp³-hybridized carbons (Fsp3) is 0.208. The number of rotatable bonds is 7. The molecule has 28 heavy (non-hydrogen) atoms. The molecule has 1 aliphatic carbocycles. The highest BCUT2D eigenvalue weighted by Gasteiger charge is 2.17. The Balaban J connectivity index is 1.95. The van der Waals surface area contributed by atoms with Gasteiger partial charge in [-0.15, -0.1) is 0 Å². The van der Waals surface area contributed by atoms with Crippen LogP contribution in [0.25, 0.3) is 0 Å². The molecule has 0 aliphatic heterocycles. The maximum absolute atomic E-state index is 4.95. The van der Waals surface area contributed by atoms with Crippen molar-refractivity contribution in [3.8, 4) is 0 Å². The molecule has 0 atom stereocenters. The van der Waals surface area contributed by atoms with E-state index in [-0.39, 0.29) is 0 Å². The zero-order chi connectivity index (χ0) is 19.6. The van der Waals surface area contributed by atoms with Gasteiger partial charge >= 0.3 is 0 Å². The minimum absolute atomic E-state index is 0.749. The van der Waals surface area contributed by atoms with Crippen LogP contribution in [0.5, 0.6) is 0 Å². The number of nitrogens with zero attached hydrogens (tertiary/aromatic N) is 2. The fourth-order valence-electron chi connectivity index (χ4n) is 2.83. The van der Waals surface area contributed by atoms with Gasteiger partial charge in [-0.3, -0.25) is 4.99 Å². The third kappa shape index (κ3) is 6.02. The zero-order valence-electron chi connectivity index (χ0n) is 16.6. The van der Waals surface area contributed by atoms with Crippen molar-refractivity contribution in [2.45, 2.75) is 6.42 Å². The van der Waals surface area contributed by atoms with Crippen molar-refractivity contribution in [2.24, 2.45) is 4.99 Å². The molecule has 0 unspecified atom stereocenters. The van der Waals surface area contributed by atoms with Gasteiger partial charge in [0.2, 0.25) is 0 Å². The van der Waals surface area contributed by atoms with E-state index in [0.717, 1.165) is 30.9 Å². The Bertz CT molecular complexity index is 812. The van der Waals surface area contributed by atoms with Crippen LogP contribution in [-0.2, 0) is 0 Å². The second kappa shape index (κ2) is 10.8. The van der Waals surface area contributed by atoms with Crippen molar-refractivity contribution in [3.05, 3.63) is 96.6 Å². The standard InChI is InChI=1S/C24H28N3P/c1-27(2)20-19-25-24(21-13-7-3-4-8-14-21)26-28(22-15-9-5-10-16-22)23-17-11-6-12-18-23/h3,5-18H,4,19-20H2,1-2H3,(H,25,26). The van der Waals surface area contributed by atoms with Crippen LogP contribution in [0, 0.1) is 0 Å². The largest absolute Gasteiger partial charge is 0.341 e. The maximum Gasteiger partial charge on any atom is 0.132 e. The van der Waals surface area contributed by atoms with Crippen LogP contribution in [-0.4, -0.2) is 37.9 Å². The van der Waals surface area contributed by atoms with Crippen molar-refractivity contribution < 1.29 is 0 Å². The molecule has 0 saturated heterocycles. The Hall–Kier alpha value is -2.48. The van der Waals surface area contributed by atoms with Crippen molar-refractivity contribution in [2.75, 3.05) is 27.2 Å². The van der Waals surface area contributed by atoms with E-state index in [1.807, 2.05) is 0 Å². The maximum atomic E-state index is 4.95. The summed E-state index contributed by atoms with van der Waals surface area (Å²) in [6.07, 6.45) is 11.7. The third-order valence-electron chi connectivity index (χ3n) is 4.32. The quantitative estimate of drug-likeness (QED) is 0.440. The van der Waals surface area contributed by atoms with Crippen molar-refractivity contribution >= 4 is 24.5 Å². The number of amidine groups is 1. The van der Waals surface area contributed by atoms with Crippen molar-refractivity contribution in [3.63, 3.8) is 0 Å². The first-order valence-corrected chi connectivity index (χ1v) is 11.0. The first-order valence-electron chi connectivity index (χ1n) is 9.64. The molecule has 1 N–H and O–H groups in total. The summed E-state index contributed by atoms with van der Waals surface area (Å²) in [5, 5.41) is 6.38. The van der Waals surface area contributed by atoms with Gasteiger partial charge in [0.05, 0.1) is 14.6 Å². The normalized spacial score (nSPS) is 14.3. The predicted molar refractivity (Wildman–Crippen MR) is 124 cm³/mol. The Kier molecular flexibility index (Phi) is 7.78. The van der Waals surface area contributed by atoms with E-state index >= 15 is 0 Å². The summed E-state index contributed by atoms with van der Waals surface area (Å²) >= 11 is 0. The van der Waals surface area contributed by atoms with Crippen LogP contribution in [0.2, 0.25) is 0 Å². The van der Waals surface area contributed by atoms with E-state index in [9.17, 15) is 0 Å². The topological polar surface area (TPSA) is 27.6 Å². The molecule has 3 nitrogen and oxygen atoms in total. The molecule has 4 heteroatoms. The smallest absolute Gasteiger partial charge is 0.132 e. The highest BCUT2D eigenvalue weighted by Crippen LogP contribution is 2.29. The SMILES string of the molecule is CN(C)CCN=C(NP(c1ccccc1)c1ccccc1)C1=CC=CCC=C1. The van der Waals surface area contributed by atoms with E-state index in [0.29, 0.717) is 0 Å². The predicted octanol–water partition coefficient (Wildman–Crippen LogP) is 4.03. The molecule has 0 saturated carbocycles. The Labute approximate surface area is 170 Å². The first kappa shape index (κ1) is 20.3. The zero-order valence-corrected chi connectivity index (χ0v) is 17.5. The second-order valence-electron chi connectivity index (χ2n) is 6.84. The highest BCUT2D eigenvalue weighted by atomic mass is 31.1. The van der Waals surface area contributed by atoms with Crippen molar-refractivity contribution in [1.82, 2.24) is 9.99 Å². The lowest BCUT2D eigenvalue weighted by atomic mass is 10.2. The summed E-state index contributed by atoms with van der Waals surface area (Å²) in [6.45, 7) is 1.68. The Morgan fingerprint density at radius 2 is 1.61 bits per heavy atom. The average molecular weight is 389 g/mol. The molecule has 3 rings (SSSR count). The van der Waals surface area contributed by atoms with Crippen LogP contribution in [0.15, 0.2) is 102 Å². The van der Waals surface area contributed by atoms with Crippen LogP contribution >= 0.6 is 8.07 Å². The van der Waals surface area contributed by atoms with Gasteiger partial charge in [-0.05, 0) is 20.5 Å². The number of benzene rings is 2. The van der Waals surface area contributed by atoms with E-state index in [1.54, 1.807) is 0 Å².